The first-order valence-corrected chi connectivity index (χ1v) is 9.44. The molecule has 1 heterocycles. The number of nitriles is 1. The molecular weight excluding hydrogens is 409 g/mol. The number of benzene rings is 2. The Labute approximate surface area is 182 Å². The second-order valence-corrected chi connectivity index (χ2v) is 6.77. The molecule has 0 radical (unpaired) electrons. The molecule has 0 saturated heterocycles. The average molecular weight is 423 g/mol. The van der Waals surface area contributed by atoms with Crippen LogP contribution in [0.3, 0.4) is 0 Å². The van der Waals surface area contributed by atoms with Gasteiger partial charge in [-0.05, 0) is 48.7 Å². The van der Waals surface area contributed by atoms with Crippen LogP contribution < -0.4 is 11.0 Å². The van der Waals surface area contributed by atoms with Crippen LogP contribution in [0.2, 0.25) is 0 Å². The lowest BCUT2D eigenvalue weighted by Gasteiger charge is -2.10. The molecule has 0 atom stereocenters. The zero-order chi connectivity index (χ0) is 22.7. The summed E-state index contributed by atoms with van der Waals surface area (Å²) in [7, 11) is 0. The Balaban J connectivity index is 1.68. The van der Waals surface area contributed by atoms with Gasteiger partial charge in [-0.15, -0.1) is 0 Å². The number of halogens is 1. The van der Waals surface area contributed by atoms with E-state index in [1.165, 1.54) is 25.3 Å². The van der Waals surface area contributed by atoms with Crippen LogP contribution in [0.1, 0.15) is 27.2 Å². The van der Waals surface area contributed by atoms with E-state index in [1.807, 2.05) is 30.3 Å². The van der Waals surface area contributed by atoms with Crippen LogP contribution in [0.15, 0.2) is 64.5 Å². The molecule has 0 bridgehead atoms. The molecule has 0 saturated carbocycles. The van der Waals surface area contributed by atoms with Crippen molar-refractivity contribution in [2.24, 2.45) is 5.10 Å². The molecule has 1 N–H and O–H groups in total. The molecule has 8 heteroatoms. The molecule has 32 heavy (non-hydrogen) atoms. The number of hydrogen-bond donors (Lipinski definition) is 1. The first-order valence-electron chi connectivity index (χ1n) is 9.44. The fraction of sp³-hybridized carbons (Fsp3) is 0.0417. The van der Waals surface area contributed by atoms with Gasteiger partial charge in [0.25, 0.3) is 11.5 Å². The number of carbonyl (C=O) groups excluding carboxylic acids is 1. The highest BCUT2D eigenvalue weighted by Gasteiger charge is 2.20. The highest BCUT2D eigenvalue weighted by Crippen LogP contribution is 2.14. The van der Waals surface area contributed by atoms with Crippen LogP contribution in [-0.2, 0) is 0 Å². The minimum absolute atomic E-state index is 0.122. The van der Waals surface area contributed by atoms with Gasteiger partial charge in [-0.1, -0.05) is 30.3 Å². The van der Waals surface area contributed by atoms with E-state index in [4.69, 9.17) is 0 Å². The summed E-state index contributed by atoms with van der Waals surface area (Å²) in [4.78, 5) is 25.4. The van der Waals surface area contributed by atoms with Gasteiger partial charge in [0.2, 0.25) is 0 Å². The maximum atomic E-state index is 13.3. The van der Waals surface area contributed by atoms with Crippen LogP contribution in [0.5, 0.6) is 0 Å². The molecule has 1 aromatic heterocycles. The molecule has 0 aliphatic heterocycles. The summed E-state index contributed by atoms with van der Waals surface area (Å²) in [6.07, 6.45) is 1.46. The highest BCUT2D eigenvalue weighted by molar-refractivity contribution is 6.00. The number of hydrazone groups is 1. The number of aromatic nitrogens is 2. The highest BCUT2D eigenvalue weighted by atomic mass is 19.1. The van der Waals surface area contributed by atoms with E-state index in [2.05, 4.69) is 27.8 Å². The molecule has 3 aromatic carbocycles. The number of nitrogens with one attached hydrogen (secondary N) is 1. The largest absolute Gasteiger partial charge is 0.292 e. The van der Waals surface area contributed by atoms with Crippen molar-refractivity contribution in [1.29, 1.82) is 5.26 Å². The van der Waals surface area contributed by atoms with Gasteiger partial charge in [0.1, 0.15) is 17.4 Å². The zero-order valence-corrected chi connectivity index (χ0v) is 16.8. The fourth-order valence-electron chi connectivity index (χ4n) is 3.14. The first-order chi connectivity index (χ1) is 15.5. The summed E-state index contributed by atoms with van der Waals surface area (Å²) < 4.78 is 14.1. The van der Waals surface area contributed by atoms with Gasteiger partial charge in [0.05, 0.1) is 11.9 Å². The van der Waals surface area contributed by atoms with Crippen molar-refractivity contribution in [3.63, 3.8) is 0 Å². The van der Waals surface area contributed by atoms with E-state index in [0.29, 0.717) is 0 Å². The van der Waals surface area contributed by atoms with E-state index in [-0.39, 0.29) is 22.5 Å². The summed E-state index contributed by atoms with van der Waals surface area (Å²) in [6.45, 7) is 1.45. The Hall–Kier alpha value is -4.82. The number of hydrogen-bond acceptors (Lipinski definition) is 5. The smallest absolute Gasteiger partial charge is 0.266 e. The predicted octanol–water partition coefficient (Wildman–Crippen LogP) is 3.07. The molecular formula is C24H14FN5O2. The van der Waals surface area contributed by atoms with Gasteiger partial charge in [-0.2, -0.15) is 20.1 Å². The Bertz CT molecular complexity index is 1460. The molecule has 4 aromatic rings. The summed E-state index contributed by atoms with van der Waals surface area (Å²) in [5.41, 5.74) is 2.33. The predicted molar refractivity (Wildman–Crippen MR) is 116 cm³/mol. The molecule has 0 aliphatic carbocycles. The molecule has 4 rings (SSSR count). The second-order valence-electron chi connectivity index (χ2n) is 6.77. The van der Waals surface area contributed by atoms with Crippen molar-refractivity contribution in [2.75, 3.05) is 0 Å². The van der Waals surface area contributed by atoms with E-state index in [9.17, 15) is 19.2 Å². The Morgan fingerprint density at radius 2 is 2.00 bits per heavy atom. The Kier molecular flexibility index (Phi) is 5.44. The number of carbonyl (C=O) groups is 1. The third-order valence-corrected chi connectivity index (χ3v) is 4.78. The lowest BCUT2D eigenvalue weighted by Crippen LogP contribution is -2.31. The molecule has 0 fully saturated rings. The number of nitrogens with zero attached hydrogens (tertiary/aromatic N) is 4. The van der Waals surface area contributed by atoms with Crippen molar-refractivity contribution < 1.29 is 9.18 Å². The van der Waals surface area contributed by atoms with E-state index < -0.39 is 17.3 Å². The standard InChI is InChI=1S/C24H14FN5O2/c1-15-21(13-26)24(32)30(19-11-9-18(25)10-12-19)29-22(15)23(31)28-27-14-17-7-4-6-16-5-2-3-8-20(16)17/h2-3,5,7-12,14H,1H3,(H,28,31)/b27-14+. The third-order valence-electron chi connectivity index (χ3n) is 4.78. The van der Waals surface area contributed by atoms with Crippen LogP contribution in [0.25, 0.3) is 16.5 Å². The summed E-state index contributed by atoms with van der Waals surface area (Å²) in [5, 5.41) is 19.2. The molecule has 0 aliphatic rings. The quantitative estimate of drug-likeness (QED) is 0.403. The summed E-state index contributed by atoms with van der Waals surface area (Å²) >= 11 is 0. The molecule has 0 unspecified atom stereocenters. The molecule has 0 spiro atoms. The van der Waals surface area contributed by atoms with E-state index in [0.717, 1.165) is 33.2 Å². The number of amides is 1. The molecule has 154 valence electrons. The van der Waals surface area contributed by atoms with Crippen LogP contribution in [0.4, 0.5) is 4.39 Å². The first kappa shape index (κ1) is 20.5. The van der Waals surface area contributed by atoms with Gasteiger partial charge < -0.3 is 0 Å². The lowest BCUT2D eigenvalue weighted by atomic mass is 10.1. The topological polar surface area (TPSA) is 100 Å². The minimum atomic E-state index is -0.709. The minimum Gasteiger partial charge on any atom is -0.266 e. The second kappa shape index (κ2) is 8.50. The van der Waals surface area contributed by atoms with E-state index >= 15 is 0 Å². The number of rotatable bonds is 4. The number of fused-ring (bicyclic) bond motifs is 1. The monoisotopic (exact) mass is 423 g/mol. The Morgan fingerprint density at radius 3 is 2.75 bits per heavy atom. The normalized spacial score (nSPS) is 10.7. The van der Waals surface area contributed by atoms with Gasteiger partial charge in [0.15, 0.2) is 5.69 Å². The van der Waals surface area contributed by atoms with Crippen molar-refractivity contribution in [3.05, 3.63) is 105 Å². The SMILES string of the molecule is Cc1c(C(=O)N/N=C/c2cc#cc3ccccc23)nn(-c2ccc(F)cc2)c(=O)c1C#N. The van der Waals surface area contributed by atoms with E-state index in [1.54, 1.807) is 6.07 Å². The third kappa shape index (κ3) is 3.81. The Morgan fingerprint density at radius 1 is 1.25 bits per heavy atom. The molecule has 7 nitrogen and oxygen atoms in total. The fourth-order valence-corrected chi connectivity index (χ4v) is 3.14. The zero-order valence-electron chi connectivity index (χ0n) is 16.8. The van der Waals surface area contributed by atoms with Crippen molar-refractivity contribution >= 4 is 22.9 Å². The lowest BCUT2D eigenvalue weighted by molar-refractivity contribution is 0.0947. The average Bonchev–Trinajstić information content (AvgIpc) is 2.80. The maximum Gasteiger partial charge on any atom is 0.292 e. The van der Waals surface area contributed by atoms with Crippen LogP contribution in [0, 0.1) is 36.2 Å². The van der Waals surface area contributed by atoms with Crippen LogP contribution >= 0.6 is 0 Å². The summed E-state index contributed by atoms with van der Waals surface area (Å²) in [5.74, 6) is -1.20. The van der Waals surface area contributed by atoms with Gasteiger partial charge in [-0.25, -0.2) is 9.82 Å². The van der Waals surface area contributed by atoms with Crippen molar-refractivity contribution in [2.45, 2.75) is 6.92 Å². The maximum absolute atomic E-state index is 13.3. The van der Waals surface area contributed by atoms with Gasteiger partial charge in [0, 0.05) is 16.5 Å². The summed E-state index contributed by atoms with van der Waals surface area (Å²) in [6, 6.07) is 21.9. The van der Waals surface area contributed by atoms with Crippen molar-refractivity contribution in [1.82, 2.24) is 15.2 Å². The van der Waals surface area contributed by atoms with Gasteiger partial charge in [-0.3, -0.25) is 9.59 Å². The molecule has 1 amide bonds. The van der Waals surface area contributed by atoms with Crippen molar-refractivity contribution in [3.8, 4) is 11.8 Å². The van der Waals surface area contributed by atoms with Gasteiger partial charge >= 0.3 is 0 Å². The van der Waals surface area contributed by atoms with Crippen LogP contribution in [-0.4, -0.2) is 21.9 Å².